The summed E-state index contributed by atoms with van der Waals surface area (Å²) in [6.07, 6.45) is 1.72. The summed E-state index contributed by atoms with van der Waals surface area (Å²) < 4.78 is 5.85. The zero-order chi connectivity index (χ0) is 16.1. The lowest BCUT2D eigenvalue weighted by molar-refractivity contribution is 0.448. The Labute approximate surface area is 137 Å². The molecule has 0 spiro atoms. The lowest BCUT2D eigenvalue weighted by Gasteiger charge is -2.11. The van der Waals surface area contributed by atoms with Gasteiger partial charge >= 0.3 is 0 Å². The SMILES string of the molecule is Cc1ccccc1Oc1ccc(CCc2ccccc2)c(O)c1. The number of hydrogen-bond acceptors (Lipinski definition) is 2. The molecule has 0 saturated carbocycles. The Bertz CT molecular complexity index is 779. The standard InChI is InChI=1S/C21H20O2/c1-16-7-5-6-10-21(16)23-19-14-13-18(20(22)15-19)12-11-17-8-3-2-4-9-17/h2-10,13-15,22H,11-12H2,1H3. The van der Waals surface area contributed by atoms with Crippen LogP contribution in [0.15, 0.2) is 72.8 Å². The van der Waals surface area contributed by atoms with E-state index in [4.69, 9.17) is 4.74 Å². The number of phenolic OH excluding ortho intramolecular Hbond substituents is 1. The highest BCUT2D eigenvalue weighted by molar-refractivity contribution is 5.43. The van der Waals surface area contributed by atoms with Gasteiger partial charge in [-0.15, -0.1) is 0 Å². The number of phenols is 1. The van der Waals surface area contributed by atoms with Crippen molar-refractivity contribution in [2.24, 2.45) is 0 Å². The number of para-hydroxylation sites is 1. The predicted molar refractivity (Wildman–Crippen MR) is 93.2 cm³/mol. The summed E-state index contributed by atoms with van der Waals surface area (Å²) in [6.45, 7) is 2.00. The van der Waals surface area contributed by atoms with E-state index < -0.39 is 0 Å². The summed E-state index contributed by atoms with van der Waals surface area (Å²) >= 11 is 0. The van der Waals surface area contributed by atoms with E-state index in [2.05, 4.69) is 12.1 Å². The van der Waals surface area contributed by atoms with Crippen LogP contribution in [-0.2, 0) is 12.8 Å². The van der Waals surface area contributed by atoms with Gasteiger partial charge in [0.15, 0.2) is 0 Å². The molecule has 3 rings (SSSR count). The third-order valence-electron chi connectivity index (χ3n) is 3.90. The Morgan fingerprint density at radius 2 is 1.57 bits per heavy atom. The minimum atomic E-state index is 0.284. The number of aromatic hydroxyl groups is 1. The van der Waals surface area contributed by atoms with Gasteiger partial charge in [-0.25, -0.2) is 0 Å². The smallest absolute Gasteiger partial charge is 0.131 e. The molecule has 3 aromatic rings. The van der Waals surface area contributed by atoms with Crippen molar-refractivity contribution >= 4 is 0 Å². The summed E-state index contributed by atoms with van der Waals surface area (Å²) in [6, 6.07) is 23.7. The van der Waals surface area contributed by atoms with Crippen LogP contribution < -0.4 is 4.74 Å². The topological polar surface area (TPSA) is 29.5 Å². The first-order chi connectivity index (χ1) is 11.2. The Hall–Kier alpha value is -2.74. The van der Waals surface area contributed by atoms with E-state index in [9.17, 15) is 5.11 Å². The van der Waals surface area contributed by atoms with Crippen LogP contribution in [0.4, 0.5) is 0 Å². The van der Waals surface area contributed by atoms with E-state index in [1.807, 2.05) is 61.5 Å². The normalized spacial score (nSPS) is 10.5. The van der Waals surface area contributed by atoms with Crippen molar-refractivity contribution in [3.63, 3.8) is 0 Å². The van der Waals surface area contributed by atoms with Gasteiger partial charge in [0, 0.05) is 6.07 Å². The molecule has 0 aromatic heterocycles. The first kappa shape index (κ1) is 15.2. The fourth-order valence-corrected chi connectivity index (χ4v) is 2.54. The third-order valence-corrected chi connectivity index (χ3v) is 3.90. The Kier molecular flexibility index (Phi) is 4.62. The summed E-state index contributed by atoms with van der Waals surface area (Å²) in [7, 11) is 0. The molecular weight excluding hydrogens is 284 g/mol. The Balaban J connectivity index is 1.69. The van der Waals surface area contributed by atoms with Gasteiger partial charge in [0.2, 0.25) is 0 Å². The second-order valence-corrected chi connectivity index (χ2v) is 5.64. The van der Waals surface area contributed by atoms with Gasteiger partial charge in [-0.2, -0.15) is 0 Å². The molecule has 23 heavy (non-hydrogen) atoms. The average molecular weight is 304 g/mol. The second kappa shape index (κ2) is 7.01. The number of rotatable bonds is 5. The molecule has 0 heterocycles. The van der Waals surface area contributed by atoms with Crippen molar-refractivity contribution < 1.29 is 9.84 Å². The molecule has 0 aliphatic carbocycles. The molecular formula is C21H20O2. The molecule has 0 aliphatic heterocycles. The highest BCUT2D eigenvalue weighted by atomic mass is 16.5. The van der Waals surface area contributed by atoms with Gasteiger partial charge < -0.3 is 9.84 Å². The maximum atomic E-state index is 10.2. The van der Waals surface area contributed by atoms with Gasteiger partial charge in [-0.1, -0.05) is 54.6 Å². The minimum Gasteiger partial charge on any atom is -0.508 e. The molecule has 1 N–H and O–H groups in total. The molecule has 116 valence electrons. The Morgan fingerprint density at radius 1 is 0.826 bits per heavy atom. The van der Waals surface area contributed by atoms with Crippen LogP contribution in [0, 0.1) is 6.92 Å². The zero-order valence-corrected chi connectivity index (χ0v) is 13.2. The monoisotopic (exact) mass is 304 g/mol. The molecule has 0 bridgehead atoms. The van der Waals surface area contributed by atoms with E-state index in [-0.39, 0.29) is 5.75 Å². The van der Waals surface area contributed by atoms with Gasteiger partial charge in [-0.05, 0) is 48.6 Å². The maximum absolute atomic E-state index is 10.2. The number of hydrogen-bond donors (Lipinski definition) is 1. The second-order valence-electron chi connectivity index (χ2n) is 5.64. The molecule has 2 heteroatoms. The van der Waals surface area contributed by atoms with E-state index in [1.165, 1.54) is 5.56 Å². The highest BCUT2D eigenvalue weighted by Gasteiger charge is 2.06. The first-order valence-corrected chi connectivity index (χ1v) is 7.82. The molecule has 0 amide bonds. The molecule has 0 saturated heterocycles. The predicted octanol–water partition coefficient (Wildman–Crippen LogP) is 5.28. The molecule has 3 aromatic carbocycles. The fraction of sp³-hybridized carbons (Fsp3) is 0.143. The highest BCUT2D eigenvalue weighted by Crippen LogP contribution is 2.29. The lowest BCUT2D eigenvalue weighted by Crippen LogP contribution is -1.93. The summed E-state index contributed by atoms with van der Waals surface area (Å²) in [5, 5.41) is 10.2. The molecule has 0 unspecified atom stereocenters. The molecule has 0 radical (unpaired) electrons. The van der Waals surface area contributed by atoms with Crippen molar-refractivity contribution in [1.82, 2.24) is 0 Å². The number of ether oxygens (including phenoxy) is 1. The molecule has 0 atom stereocenters. The molecule has 0 aliphatic rings. The van der Waals surface area contributed by atoms with E-state index >= 15 is 0 Å². The number of aryl methyl sites for hydroxylation is 3. The van der Waals surface area contributed by atoms with E-state index in [1.54, 1.807) is 6.07 Å². The first-order valence-electron chi connectivity index (χ1n) is 7.82. The number of benzene rings is 3. The molecule has 2 nitrogen and oxygen atoms in total. The largest absolute Gasteiger partial charge is 0.508 e. The zero-order valence-electron chi connectivity index (χ0n) is 13.2. The summed E-state index contributed by atoms with van der Waals surface area (Å²) in [5.74, 6) is 1.75. The van der Waals surface area contributed by atoms with Crippen LogP contribution in [0.1, 0.15) is 16.7 Å². The van der Waals surface area contributed by atoms with E-state index in [0.717, 1.165) is 29.7 Å². The van der Waals surface area contributed by atoms with Crippen molar-refractivity contribution in [3.8, 4) is 17.2 Å². The molecule has 0 fully saturated rings. The summed E-state index contributed by atoms with van der Waals surface area (Å²) in [5.41, 5.74) is 3.28. The van der Waals surface area contributed by atoms with Crippen LogP contribution in [0.5, 0.6) is 17.2 Å². The van der Waals surface area contributed by atoms with Crippen molar-refractivity contribution in [2.75, 3.05) is 0 Å². The summed E-state index contributed by atoms with van der Waals surface area (Å²) in [4.78, 5) is 0. The average Bonchev–Trinajstić information content (AvgIpc) is 2.57. The van der Waals surface area contributed by atoms with Crippen LogP contribution in [-0.4, -0.2) is 5.11 Å². The Morgan fingerprint density at radius 3 is 2.30 bits per heavy atom. The van der Waals surface area contributed by atoms with Crippen LogP contribution >= 0.6 is 0 Å². The van der Waals surface area contributed by atoms with Gasteiger partial charge in [0.25, 0.3) is 0 Å². The van der Waals surface area contributed by atoms with Gasteiger partial charge in [-0.3, -0.25) is 0 Å². The maximum Gasteiger partial charge on any atom is 0.131 e. The van der Waals surface area contributed by atoms with Crippen molar-refractivity contribution in [3.05, 3.63) is 89.5 Å². The third kappa shape index (κ3) is 3.92. The van der Waals surface area contributed by atoms with Crippen LogP contribution in [0.2, 0.25) is 0 Å². The quantitative estimate of drug-likeness (QED) is 0.695. The van der Waals surface area contributed by atoms with Crippen molar-refractivity contribution in [2.45, 2.75) is 19.8 Å². The van der Waals surface area contributed by atoms with Crippen LogP contribution in [0.3, 0.4) is 0 Å². The minimum absolute atomic E-state index is 0.284. The van der Waals surface area contributed by atoms with Gasteiger partial charge in [0.1, 0.15) is 17.2 Å². The van der Waals surface area contributed by atoms with Crippen molar-refractivity contribution in [1.29, 1.82) is 0 Å². The van der Waals surface area contributed by atoms with Gasteiger partial charge in [0.05, 0.1) is 0 Å². The lowest BCUT2D eigenvalue weighted by atomic mass is 10.0. The van der Waals surface area contributed by atoms with E-state index in [0.29, 0.717) is 5.75 Å². The fourth-order valence-electron chi connectivity index (χ4n) is 2.54. The van der Waals surface area contributed by atoms with Crippen LogP contribution in [0.25, 0.3) is 0 Å².